The second-order valence-electron chi connectivity index (χ2n) is 8.45. The average molecular weight is 443 g/mol. The van der Waals surface area contributed by atoms with Gasteiger partial charge in [-0.3, -0.25) is 4.79 Å². The molecule has 1 amide bonds. The molecule has 2 rings (SSSR count). The molecule has 7 heteroatoms. The summed E-state index contributed by atoms with van der Waals surface area (Å²) in [5.41, 5.74) is 1.38. The van der Waals surface area contributed by atoms with Gasteiger partial charge in [0.15, 0.2) is 0 Å². The van der Waals surface area contributed by atoms with Gasteiger partial charge in [-0.05, 0) is 56.9 Å². The summed E-state index contributed by atoms with van der Waals surface area (Å²) >= 11 is 0. The Kier molecular flexibility index (Phi) is 10.0. The zero-order valence-corrected chi connectivity index (χ0v) is 19.4. The molecule has 0 aliphatic heterocycles. The maximum absolute atomic E-state index is 12.7. The van der Waals surface area contributed by atoms with E-state index in [4.69, 9.17) is 14.2 Å². The number of benzene rings is 2. The normalized spacial score (nSPS) is 12.0. The van der Waals surface area contributed by atoms with Crippen LogP contribution in [0.15, 0.2) is 54.6 Å². The van der Waals surface area contributed by atoms with Gasteiger partial charge in [0.1, 0.15) is 24.0 Å². The molecule has 0 unspecified atom stereocenters. The lowest BCUT2D eigenvalue weighted by atomic mass is 10.1. The molecule has 174 valence electrons. The van der Waals surface area contributed by atoms with Gasteiger partial charge < -0.3 is 24.8 Å². The van der Waals surface area contributed by atoms with Crippen molar-refractivity contribution in [3.63, 3.8) is 0 Å². The fraction of sp³-hybridized carbons (Fsp3) is 0.440. The summed E-state index contributed by atoms with van der Waals surface area (Å²) in [4.78, 5) is 24.5. The highest BCUT2D eigenvalue weighted by Gasteiger charge is 2.24. The van der Waals surface area contributed by atoms with Crippen molar-refractivity contribution in [2.75, 3.05) is 13.7 Å². The lowest BCUT2D eigenvalue weighted by molar-refractivity contribution is -0.157. The second-order valence-corrected chi connectivity index (χ2v) is 8.45. The Morgan fingerprint density at radius 3 is 2.28 bits per heavy atom. The van der Waals surface area contributed by atoms with Crippen LogP contribution in [0.1, 0.15) is 44.7 Å². The summed E-state index contributed by atoms with van der Waals surface area (Å²) in [6.45, 7) is 6.66. The summed E-state index contributed by atoms with van der Waals surface area (Å²) in [6, 6.07) is 16.7. The van der Waals surface area contributed by atoms with E-state index < -0.39 is 17.7 Å². The number of hydrogen-bond donors (Lipinski definition) is 2. The molecule has 1 atom stereocenters. The van der Waals surface area contributed by atoms with E-state index in [0.717, 1.165) is 16.9 Å². The quantitative estimate of drug-likeness (QED) is 0.401. The number of carbonyl (C=O) groups is 2. The largest absolute Gasteiger partial charge is 0.497 e. The zero-order valence-electron chi connectivity index (χ0n) is 19.4. The fourth-order valence-corrected chi connectivity index (χ4v) is 2.93. The molecule has 2 aromatic rings. The van der Waals surface area contributed by atoms with Crippen molar-refractivity contribution in [3.05, 3.63) is 65.7 Å². The first kappa shape index (κ1) is 25.2. The molecule has 0 saturated carbocycles. The molecule has 0 fully saturated rings. The Labute approximate surface area is 190 Å². The average Bonchev–Trinajstić information content (AvgIpc) is 2.77. The molecule has 2 aromatic carbocycles. The molecule has 32 heavy (non-hydrogen) atoms. The SMILES string of the molecule is COc1ccc(CN[C@@H](CCCNC(=O)OCc2ccccc2)C(=O)OC(C)(C)C)cc1. The van der Waals surface area contributed by atoms with Gasteiger partial charge in [-0.15, -0.1) is 0 Å². The van der Waals surface area contributed by atoms with Crippen LogP contribution in [0.4, 0.5) is 4.79 Å². The van der Waals surface area contributed by atoms with Crippen molar-refractivity contribution in [2.45, 2.75) is 58.4 Å². The molecule has 2 N–H and O–H groups in total. The third-order valence-corrected chi connectivity index (χ3v) is 4.55. The van der Waals surface area contributed by atoms with Crippen LogP contribution in [0.25, 0.3) is 0 Å². The first-order chi connectivity index (χ1) is 15.3. The second kappa shape index (κ2) is 12.7. The van der Waals surface area contributed by atoms with Crippen LogP contribution < -0.4 is 15.4 Å². The third kappa shape index (κ3) is 9.83. The van der Waals surface area contributed by atoms with Crippen molar-refractivity contribution in [1.82, 2.24) is 10.6 Å². The molecule has 0 bridgehead atoms. The van der Waals surface area contributed by atoms with Crippen molar-refractivity contribution < 1.29 is 23.8 Å². The minimum Gasteiger partial charge on any atom is -0.497 e. The number of esters is 1. The highest BCUT2D eigenvalue weighted by Crippen LogP contribution is 2.14. The van der Waals surface area contributed by atoms with E-state index in [0.29, 0.717) is 25.9 Å². The van der Waals surface area contributed by atoms with Crippen LogP contribution in [0.5, 0.6) is 5.75 Å². The Morgan fingerprint density at radius 1 is 0.969 bits per heavy atom. The Balaban J connectivity index is 1.80. The molecule has 0 spiro atoms. The standard InChI is InChI=1S/C25H34N2O5/c1-25(2,3)32-23(28)22(27-17-19-12-14-21(30-4)15-13-19)11-8-16-26-24(29)31-18-20-9-6-5-7-10-20/h5-7,9-10,12-15,22,27H,8,11,16-18H2,1-4H3,(H,26,29)/t22-/m0/s1. The summed E-state index contributed by atoms with van der Waals surface area (Å²) in [5.74, 6) is 0.473. The molecule has 0 heterocycles. The number of hydrogen-bond acceptors (Lipinski definition) is 6. The predicted molar refractivity (Wildman–Crippen MR) is 123 cm³/mol. The Bertz CT molecular complexity index is 832. The van der Waals surface area contributed by atoms with Gasteiger partial charge in [-0.25, -0.2) is 4.79 Å². The van der Waals surface area contributed by atoms with Gasteiger partial charge >= 0.3 is 12.1 Å². The van der Waals surface area contributed by atoms with Crippen LogP contribution in [-0.4, -0.2) is 37.4 Å². The smallest absolute Gasteiger partial charge is 0.407 e. The summed E-state index contributed by atoms with van der Waals surface area (Å²) in [6.07, 6.45) is 0.637. The van der Waals surface area contributed by atoms with Crippen molar-refractivity contribution in [3.8, 4) is 5.75 Å². The van der Waals surface area contributed by atoms with Crippen molar-refractivity contribution in [2.24, 2.45) is 0 Å². The van der Waals surface area contributed by atoms with E-state index in [2.05, 4.69) is 10.6 Å². The van der Waals surface area contributed by atoms with E-state index in [1.807, 2.05) is 75.4 Å². The molecular formula is C25H34N2O5. The van der Waals surface area contributed by atoms with Gasteiger partial charge in [0, 0.05) is 13.1 Å². The van der Waals surface area contributed by atoms with Crippen LogP contribution in [0.2, 0.25) is 0 Å². The highest BCUT2D eigenvalue weighted by atomic mass is 16.6. The molecule has 0 aliphatic rings. The van der Waals surface area contributed by atoms with Crippen molar-refractivity contribution >= 4 is 12.1 Å². The summed E-state index contributed by atoms with van der Waals surface area (Å²) in [7, 11) is 1.62. The van der Waals surface area contributed by atoms with Crippen LogP contribution in [0, 0.1) is 0 Å². The highest BCUT2D eigenvalue weighted by molar-refractivity contribution is 5.76. The van der Waals surface area contributed by atoms with Gasteiger partial charge in [-0.1, -0.05) is 42.5 Å². The minimum absolute atomic E-state index is 0.219. The number of carbonyl (C=O) groups excluding carboxylic acids is 2. The van der Waals surface area contributed by atoms with Gasteiger partial charge in [0.2, 0.25) is 0 Å². The lowest BCUT2D eigenvalue weighted by Crippen LogP contribution is -2.41. The van der Waals surface area contributed by atoms with Gasteiger partial charge in [0.05, 0.1) is 7.11 Å². The maximum atomic E-state index is 12.7. The van der Waals surface area contributed by atoms with Crippen LogP contribution in [0.3, 0.4) is 0 Å². The summed E-state index contributed by atoms with van der Waals surface area (Å²) in [5, 5.41) is 6.00. The number of nitrogens with one attached hydrogen (secondary N) is 2. The Morgan fingerprint density at radius 2 is 1.66 bits per heavy atom. The van der Waals surface area contributed by atoms with E-state index in [1.165, 1.54) is 0 Å². The molecule has 0 saturated heterocycles. The topological polar surface area (TPSA) is 85.9 Å². The first-order valence-corrected chi connectivity index (χ1v) is 10.8. The molecule has 0 aromatic heterocycles. The van der Waals surface area contributed by atoms with Crippen molar-refractivity contribution in [1.29, 1.82) is 0 Å². The number of alkyl carbamates (subject to hydrolysis) is 1. The molecule has 0 radical (unpaired) electrons. The number of rotatable bonds is 11. The van der Waals surface area contributed by atoms with Gasteiger partial charge in [0.25, 0.3) is 0 Å². The molecule has 0 aliphatic carbocycles. The fourth-order valence-electron chi connectivity index (χ4n) is 2.93. The minimum atomic E-state index is -0.573. The first-order valence-electron chi connectivity index (χ1n) is 10.8. The van der Waals surface area contributed by atoms with E-state index >= 15 is 0 Å². The van der Waals surface area contributed by atoms with Crippen LogP contribution in [-0.2, 0) is 27.4 Å². The number of amides is 1. The monoisotopic (exact) mass is 442 g/mol. The number of ether oxygens (including phenoxy) is 3. The van der Waals surface area contributed by atoms with E-state index in [1.54, 1.807) is 7.11 Å². The summed E-state index contributed by atoms with van der Waals surface area (Å²) < 4.78 is 15.9. The number of methoxy groups -OCH3 is 1. The zero-order chi connectivity index (χ0) is 23.4. The van der Waals surface area contributed by atoms with Gasteiger partial charge in [-0.2, -0.15) is 0 Å². The molecular weight excluding hydrogens is 408 g/mol. The van der Waals surface area contributed by atoms with E-state index in [-0.39, 0.29) is 12.6 Å². The lowest BCUT2D eigenvalue weighted by Gasteiger charge is -2.25. The Hall–Kier alpha value is -3.06. The maximum Gasteiger partial charge on any atom is 0.407 e. The molecule has 7 nitrogen and oxygen atoms in total. The third-order valence-electron chi connectivity index (χ3n) is 4.55. The van der Waals surface area contributed by atoms with Crippen LogP contribution >= 0.6 is 0 Å². The predicted octanol–water partition coefficient (Wildman–Crippen LogP) is 4.20. The van der Waals surface area contributed by atoms with E-state index in [9.17, 15) is 9.59 Å².